The van der Waals surface area contributed by atoms with Crippen LogP contribution in [0.2, 0.25) is 0 Å². The van der Waals surface area contributed by atoms with Gasteiger partial charge in [-0.05, 0) is 0 Å². The molecule has 13 aromatic rings. The van der Waals surface area contributed by atoms with Gasteiger partial charge in [-0.1, -0.05) is 0 Å². The van der Waals surface area contributed by atoms with Gasteiger partial charge in [-0.15, -0.1) is 0 Å². The summed E-state index contributed by atoms with van der Waals surface area (Å²) in [6, 6.07) is 91.9. The Balaban J connectivity index is 1.05. The fourth-order valence-electron chi connectivity index (χ4n) is 13.3. The Bertz CT molecular complexity index is 4460. The van der Waals surface area contributed by atoms with E-state index in [4.69, 9.17) is 0 Å². The van der Waals surface area contributed by atoms with E-state index < -0.39 is 0 Å². The van der Waals surface area contributed by atoms with Crippen LogP contribution in [0.25, 0.3) is 38.6 Å². The van der Waals surface area contributed by atoms with Crippen molar-refractivity contribution in [3.8, 4) is 0 Å². The number of hydrogen-bond donors (Lipinski definition) is 0. The van der Waals surface area contributed by atoms with Gasteiger partial charge in [-0.25, -0.2) is 0 Å². The molecule has 4 aliphatic rings. The van der Waals surface area contributed by atoms with Crippen molar-refractivity contribution in [1.82, 2.24) is 0 Å². The Morgan fingerprint density at radius 1 is 0.257 bits per heavy atom. The van der Waals surface area contributed by atoms with Gasteiger partial charge >= 0.3 is 444 Å². The molecule has 0 saturated heterocycles. The topological polar surface area (TPSA) is 13.0 Å². The summed E-state index contributed by atoms with van der Waals surface area (Å²) in [5.41, 5.74) is 22.7. The second-order valence-electron chi connectivity index (χ2n) is 19.9. The molecule has 6 heterocycles. The van der Waals surface area contributed by atoms with Gasteiger partial charge in [0.2, 0.25) is 0 Å². The van der Waals surface area contributed by atoms with Gasteiger partial charge < -0.3 is 0 Å². The standard InChI is InChI=1S/C66H40B2N4Se2/c1-5-21-41(22-6-1)69-51-33-17-15-31-47(51)67-50-37-49-53(38-54(50)72(44-27-11-4-12-28-44)66-62-46-30-14-20-36-58(46)73-59(62)39-55(69)63(66)67)70(42-23-7-2-8-24-42)56-40-60-61(45-29-13-19-35-57(45)74-60)65-64(56)68(49)48-32-16-18-34-52(48)71(65)43-25-9-3-10-26-43/h1-40H. The second-order valence-corrected chi connectivity index (χ2v) is 24.4. The van der Waals surface area contributed by atoms with Gasteiger partial charge in [0.1, 0.15) is 0 Å². The Kier molecular flexibility index (Phi) is 8.73. The number of para-hydroxylation sites is 6. The van der Waals surface area contributed by atoms with E-state index in [0.717, 1.165) is 11.4 Å². The summed E-state index contributed by atoms with van der Waals surface area (Å²) < 4.78 is 5.75. The second kappa shape index (κ2) is 15.7. The maximum absolute atomic E-state index is 2.67. The van der Waals surface area contributed by atoms with Crippen molar-refractivity contribution in [2.45, 2.75) is 0 Å². The van der Waals surface area contributed by atoms with Gasteiger partial charge in [0, 0.05) is 0 Å². The Labute approximate surface area is 441 Å². The van der Waals surface area contributed by atoms with E-state index >= 15 is 0 Å². The first-order valence-electron chi connectivity index (χ1n) is 25.5. The minimum absolute atomic E-state index is 0.0534. The molecule has 0 saturated carbocycles. The molecule has 8 heteroatoms. The zero-order valence-corrected chi connectivity index (χ0v) is 43.3. The Hall–Kier alpha value is -8.21. The molecular formula is C66H40B2N4Se2. The average Bonchev–Trinajstić information content (AvgIpc) is 4.04. The van der Waals surface area contributed by atoms with Crippen LogP contribution in [0.4, 0.5) is 68.2 Å². The van der Waals surface area contributed by atoms with Crippen molar-refractivity contribution < 1.29 is 0 Å². The summed E-state index contributed by atoms with van der Waals surface area (Å²) in [6.07, 6.45) is 0. The van der Waals surface area contributed by atoms with E-state index in [9.17, 15) is 0 Å². The van der Waals surface area contributed by atoms with Crippen LogP contribution >= 0.6 is 0 Å². The first-order chi connectivity index (χ1) is 36.8. The van der Waals surface area contributed by atoms with Crippen molar-refractivity contribution >= 4 is 182 Å². The molecule has 11 aromatic carbocycles. The monoisotopic (exact) mass is 1070 g/mol. The van der Waals surface area contributed by atoms with Crippen LogP contribution in [-0.2, 0) is 0 Å². The predicted octanol–water partition coefficient (Wildman–Crippen LogP) is 12.6. The summed E-state index contributed by atoms with van der Waals surface area (Å²) in [5.74, 6) is 0. The van der Waals surface area contributed by atoms with Gasteiger partial charge in [-0.2, -0.15) is 0 Å². The van der Waals surface area contributed by atoms with Crippen molar-refractivity contribution in [2.75, 3.05) is 19.6 Å². The van der Waals surface area contributed by atoms with Crippen molar-refractivity contribution in [3.05, 3.63) is 243 Å². The van der Waals surface area contributed by atoms with Crippen molar-refractivity contribution in [3.63, 3.8) is 0 Å². The third kappa shape index (κ3) is 5.61. The molecule has 0 bridgehead atoms. The zero-order chi connectivity index (χ0) is 48.2. The van der Waals surface area contributed by atoms with Crippen LogP contribution in [0.5, 0.6) is 0 Å². The average molecular weight is 1070 g/mol. The molecule has 342 valence electrons. The number of nitrogens with zero attached hydrogens (tertiary/aromatic N) is 4. The number of anilines is 12. The van der Waals surface area contributed by atoms with Crippen LogP contribution in [0.15, 0.2) is 243 Å². The molecule has 0 fully saturated rings. The van der Waals surface area contributed by atoms with Crippen molar-refractivity contribution in [1.29, 1.82) is 0 Å². The van der Waals surface area contributed by atoms with E-state index in [1.807, 2.05) is 0 Å². The van der Waals surface area contributed by atoms with E-state index in [2.05, 4.69) is 262 Å². The number of benzene rings is 11. The molecule has 0 radical (unpaired) electrons. The molecule has 2 aromatic heterocycles. The fourth-order valence-corrected chi connectivity index (χ4v) is 18.1. The molecule has 4 aliphatic heterocycles. The quantitative estimate of drug-likeness (QED) is 0.163. The van der Waals surface area contributed by atoms with Gasteiger partial charge in [0.15, 0.2) is 0 Å². The third-order valence-electron chi connectivity index (χ3n) is 16.1. The van der Waals surface area contributed by atoms with Gasteiger partial charge in [-0.3, -0.25) is 0 Å². The summed E-state index contributed by atoms with van der Waals surface area (Å²) >= 11 is 0.246. The molecule has 0 atom stereocenters. The van der Waals surface area contributed by atoms with E-state index in [1.54, 1.807) is 0 Å². The molecule has 0 amide bonds. The van der Waals surface area contributed by atoms with E-state index in [1.165, 1.54) is 128 Å². The molecule has 74 heavy (non-hydrogen) atoms. The first kappa shape index (κ1) is 41.3. The first-order valence-corrected chi connectivity index (χ1v) is 28.9. The zero-order valence-electron chi connectivity index (χ0n) is 39.9. The van der Waals surface area contributed by atoms with E-state index in [0.29, 0.717) is 0 Å². The molecular weight excluding hydrogens is 1030 g/mol. The van der Waals surface area contributed by atoms with Gasteiger partial charge in [0.05, 0.1) is 0 Å². The molecule has 0 N–H and O–H groups in total. The van der Waals surface area contributed by atoms with Gasteiger partial charge in [0.25, 0.3) is 0 Å². The van der Waals surface area contributed by atoms with Crippen molar-refractivity contribution in [2.24, 2.45) is 0 Å². The van der Waals surface area contributed by atoms with Crippen LogP contribution in [0, 0.1) is 0 Å². The van der Waals surface area contributed by atoms with Crippen LogP contribution < -0.4 is 52.4 Å². The molecule has 0 spiro atoms. The fraction of sp³-hybridized carbons (Fsp3) is 0. The van der Waals surface area contributed by atoms with E-state index in [-0.39, 0.29) is 42.4 Å². The SMILES string of the molecule is c1ccc(N2c3cc4c(cc3B3c5ccccc5N(c5ccccc5)c5c3c2cc2[se]c3ccccc3c52)B2c3ccccc3N(c3ccccc3)c3cc5[se]c6ccccc6c5c(c32)N4c2ccccc2)cc1. The minimum atomic E-state index is -0.0534. The maximum atomic E-state index is 2.67. The molecule has 0 unspecified atom stereocenters. The third-order valence-corrected chi connectivity index (χ3v) is 20.8. The number of rotatable bonds is 4. The Morgan fingerprint density at radius 3 is 1.08 bits per heavy atom. The summed E-state index contributed by atoms with van der Waals surface area (Å²) in [7, 11) is 0. The summed E-state index contributed by atoms with van der Waals surface area (Å²) in [6.45, 7) is -0.107. The normalized spacial score (nSPS) is 13.8. The predicted molar refractivity (Wildman–Crippen MR) is 318 cm³/mol. The summed E-state index contributed by atoms with van der Waals surface area (Å²) in [4.78, 5) is 10.5. The molecule has 4 nitrogen and oxygen atoms in total. The molecule has 0 aliphatic carbocycles. The van der Waals surface area contributed by atoms with Crippen LogP contribution in [0.3, 0.4) is 0 Å². The van der Waals surface area contributed by atoms with Crippen LogP contribution in [-0.4, -0.2) is 42.4 Å². The number of hydrogen-bond acceptors (Lipinski definition) is 4. The Morgan fingerprint density at radius 2 is 0.608 bits per heavy atom. The van der Waals surface area contributed by atoms with Crippen LogP contribution in [0.1, 0.15) is 0 Å². The molecule has 17 rings (SSSR count). The number of fused-ring (bicyclic) bond motifs is 16. The summed E-state index contributed by atoms with van der Waals surface area (Å²) in [5, 5.41) is 5.47.